The lowest BCUT2D eigenvalue weighted by Gasteiger charge is -2.27. The molecule has 16 heavy (non-hydrogen) atoms. The van der Waals surface area contributed by atoms with Crippen molar-refractivity contribution in [3.05, 3.63) is 35.9 Å². The Balaban J connectivity index is 1.90. The molecule has 0 radical (unpaired) electrons. The van der Waals surface area contributed by atoms with Crippen LogP contribution in [-0.4, -0.2) is 11.6 Å². The smallest absolute Gasteiger partial charge is 0.306 e. The van der Waals surface area contributed by atoms with Gasteiger partial charge >= 0.3 is 5.97 Å². The molecular weight excluding hydrogens is 200 g/mol. The minimum atomic E-state index is -0.191. The summed E-state index contributed by atoms with van der Waals surface area (Å²) in [6.45, 7) is 2.21. The zero-order chi connectivity index (χ0) is 11.2. The molecule has 1 aromatic rings. The van der Waals surface area contributed by atoms with Crippen LogP contribution in [0.3, 0.4) is 0 Å². The maximum Gasteiger partial charge on any atom is 0.306 e. The molecule has 1 saturated carbocycles. The molecule has 1 aliphatic heterocycles. The van der Waals surface area contributed by atoms with E-state index in [2.05, 4.69) is 31.2 Å². The Hall–Kier alpha value is -1.31. The van der Waals surface area contributed by atoms with Crippen LogP contribution in [0.5, 0.6) is 0 Å². The van der Waals surface area contributed by atoms with Gasteiger partial charge in [0.25, 0.3) is 0 Å². The van der Waals surface area contributed by atoms with Crippen LogP contribution >= 0.6 is 0 Å². The molecule has 1 spiro atoms. The molecule has 1 saturated heterocycles. The second-order valence-electron chi connectivity index (χ2n) is 5.20. The van der Waals surface area contributed by atoms with E-state index in [1.165, 1.54) is 5.56 Å². The van der Waals surface area contributed by atoms with E-state index in [4.69, 9.17) is 4.74 Å². The molecule has 2 heteroatoms. The Kier molecular flexibility index (Phi) is 1.91. The number of ether oxygens (including phenoxy) is 1. The number of hydrogen-bond acceptors (Lipinski definition) is 2. The second-order valence-corrected chi connectivity index (χ2v) is 5.20. The van der Waals surface area contributed by atoms with Gasteiger partial charge in [-0.05, 0) is 18.4 Å². The molecule has 0 amide bonds. The summed E-state index contributed by atoms with van der Waals surface area (Å²) < 4.78 is 5.62. The Morgan fingerprint density at radius 3 is 2.69 bits per heavy atom. The fourth-order valence-corrected chi connectivity index (χ4v) is 3.05. The zero-order valence-electron chi connectivity index (χ0n) is 9.53. The van der Waals surface area contributed by atoms with Gasteiger partial charge < -0.3 is 4.74 Å². The quantitative estimate of drug-likeness (QED) is 0.675. The minimum absolute atomic E-state index is 0.0223. The largest absolute Gasteiger partial charge is 0.458 e. The summed E-state index contributed by atoms with van der Waals surface area (Å²) in [5, 5.41) is 0. The predicted molar refractivity (Wildman–Crippen MR) is 61.1 cm³/mol. The van der Waals surface area contributed by atoms with Gasteiger partial charge in [0.15, 0.2) is 0 Å². The van der Waals surface area contributed by atoms with Crippen LogP contribution < -0.4 is 0 Å². The fraction of sp³-hybridized carbons (Fsp3) is 0.500. The molecule has 3 rings (SSSR count). The van der Waals surface area contributed by atoms with Gasteiger partial charge in [0, 0.05) is 18.3 Å². The first-order valence-corrected chi connectivity index (χ1v) is 5.94. The molecule has 1 aliphatic carbocycles. The van der Waals surface area contributed by atoms with Crippen molar-refractivity contribution < 1.29 is 9.53 Å². The van der Waals surface area contributed by atoms with Gasteiger partial charge in [0.2, 0.25) is 0 Å². The zero-order valence-corrected chi connectivity index (χ0v) is 9.53. The summed E-state index contributed by atoms with van der Waals surface area (Å²) in [5.74, 6) is -0.0223. The van der Waals surface area contributed by atoms with Crippen molar-refractivity contribution in [3.8, 4) is 0 Å². The van der Waals surface area contributed by atoms with Crippen LogP contribution in [0.1, 0.15) is 38.2 Å². The highest BCUT2D eigenvalue weighted by Gasteiger charge is 2.68. The predicted octanol–water partition coefficient (Wildman–Crippen LogP) is 2.81. The van der Waals surface area contributed by atoms with E-state index in [0.29, 0.717) is 6.42 Å². The van der Waals surface area contributed by atoms with E-state index in [9.17, 15) is 4.79 Å². The number of hydrogen-bond donors (Lipinski definition) is 0. The first-order valence-electron chi connectivity index (χ1n) is 5.94. The number of esters is 1. The first kappa shape index (κ1) is 9.88. The van der Waals surface area contributed by atoms with Crippen LogP contribution in [0.15, 0.2) is 30.3 Å². The lowest BCUT2D eigenvalue weighted by molar-refractivity contribution is -0.157. The highest BCUT2D eigenvalue weighted by molar-refractivity contribution is 5.72. The molecule has 2 atom stereocenters. The third kappa shape index (κ3) is 1.22. The molecule has 2 nitrogen and oxygen atoms in total. The normalized spacial score (nSPS) is 37.2. The SMILES string of the molecule is C[C@]1(c2ccccc2)C[C@@]12CCCC(=O)O2. The van der Waals surface area contributed by atoms with E-state index in [1.807, 2.05) is 6.07 Å². The van der Waals surface area contributed by atoms with Gasteiger partial charge in [0.1, 0.15) is 5.60 Å². The van der Waals surface area contributed by atoms with Gasteiger partial charge in [0.05, 0.1) is 0 Å². The number of carbonyl (C=O) groups excluding carboxylic acids is 1. The molecule has 0 N–H and O–H groups in total. The molecule has 1 aromatic carbocycles. The lowest BCUT2D eigenvalue weighted by Crippen LogP contribution is -2.32. The molecule has 1 heterocycles. The van der Waals surface area contributed by atoms with Crippen LogP contribution in [0.4, 0.5) is 0 Å². The van der Waals surface area contributed by atoms with E-state index in [0.717, 1.165) is 19.3 Å². The number of rotatable bonds is 1. The summed E-state index contributed by atoms with van der Waals surface area (Å²) in [4.78, 5) is 11.4. The summed E-state index contributed by atoms with van der Waals surface area (Å²) in [6, 6.07) is 10.4. The fourth-order valence-electron chi connectivity index (χ4n) is 3.05. The minimum Gasteiger partial charge on any atom is -0.458 e. The maximum atomic E-state index is 11.4. The molecule has 0 aromatic heterocycles. The molecular formula is C14H16O2. The van der Waals surface area contributed by atoms with E-state index < -0.39 is 0 Å². The van der Waals surface area contributed by atoms with Crippen molar-refractivity contribution in [1.29, 1.82) is 0 Å². The summed E-state index contributed by atoms with van der Waals surface area (Å²) in [7, 11) is 0. The monoisotopic (exact) mass is 216 g/mol. The van der Waals surface area contributed by atoms with Crippen molar-refractivity contribution in [2.24, 2.45) is 0 Å². The third-order valence-corrected chi connectivity index (χ3v) is 4.20. The summed E-state index contributed by atoms with van der Waals surface area (Å²) in [6.07, 6.45) is 3.56. The molecule has 0 bridgehead atoms. The summed E-state index contributed by atoms with van der Waals surface area (Å²) in [5.41, 5.74) is 1.15. The van der Waals surface area contributed by atoms with Crippen LogP contribution in [0.25, 0.3) is 0 Å². The molecule has 2 fully saturated rings. The summed E-state index contributed by atoms with van der Waals surface area (Å²) >= 11 is 0. The Morgan fingerprint density at radius 1 is 1.25 bits per heavy atom. The van der Waals surface area contributed by atoms with Crippen molar-refractivity contribution in [2.75, 3.05) is 0 Å². The molecule has 2 aliphatic rings. The first-order chi connectivity index (χ1) is 7.66. The average molecular weight is 216 g/mol. The highest BCUT2D eigenvalue weighted by atomic mass is 16.6. The number of carbonyl (C=O) groups is 1. The Morgan fingerprint density at radius 2 is 2.00 bits per heavy atom. The molecule has 84 valence electrons. The van der Waals surface area contributed by atoms with Gasteiger partial charge in [-0.1, -0.05) is 37.3 Å². The van der Waals surface area contributed by atoms with Crippen molar-refractivity contribution >= 4 is 5.97 Å². The molecule has 0 unspecified atom stereocenters. The van der Waals surface area contributed by atoms with Gasteiger partial charge in [-0.25, -0.2) is 0 Å². The standard InChI is InChI=1S/C14H16O2/c1-13(11-6-3-2-4-7-11)10-14(13)9-5-8-12(15)16-14/h2-4,6-7H,5,8-10H2,1H3/t13-,14+/m1/s1. The van der Waals surface area contributed by atoms with E-state index in [-0.39, 0.29) is 17.0 Å². The number of benzene rings is 1. The van der Waals surface area contributed by atoms with Gasteiger partial charge in [-0.2, -0.15) is 0 Å². The second kappa shape index (κ2) is 3.09. The third-order valence-electron chi connectivity index (χ3n) is 4.20. The lowest BCUT2D eigenvalue weighted by atomic mass is 9.90. The topological polar surface area (TPSA) is 26.3 Å². The Bertz CT molecular complexity index is 426. The van der Waals surface area contributed by atoms with Gasteiger partial charge in [-0.3, -0.25) is 4.79 Å². The van der Waals surface area contributed by atoms with E-state index in [1.54, 1.807) is 0 Å². The van der Waals surface area contributed by atoms with Crippen molar-refractivity contribution in [3.63, 3.8) is 0 Å². The van der Waals surface area contributed by atoms with Crippen LogP contribution in [-0.2, 0) is 14.9 Å². The average Bonchev–Trinajstić information content (AvgIpc) is 2.85. The van der Waals surface area contributed by atoms with Crippen molar-refractivity contribution in [1.82, 2.24) is 0 Å². The van der Waals surface area contributed by atoms with E-state index >= 15 is 0 Å². The van der Waals surface area contributed by atoms with Crippen molar-refractivity contribution in [2.45, 2.75) is 43.6 Å². The van der Waals surface area contributed by atoms with Crippen LogP contribution in [0, 0.1) is 0 Å². The Labute approximate surface area is 95.6 Å². The van der Waals surface area contributed by atoms with Crippen LogP contribution in [0.2, 0.25) is 0 Å². The highest BCUT2D eigenvalue weighted by Crippen LogP contribution is 2.63. The maximum absolute atomic E-state index is 11.4. The van der Waals surface area contributed by atoms with Gasteiger partial charge in [-0.15, -0.1) is 0 Å².